The molecule has 0 aliphatic heterocycles. The minimum atomic E-state index is -0.327. The minimum absolute atomic E-state index is 0.127. The second kappa shape index (κ2) is 7.90. The molecular weight excluding hydrogens is 264 g/mol. The van der Waals surface area contributed by atoms with Crippen molar-refractivity contribution in [3.05, 3.63) is 72.0 Å². The Balaban J connectivity index is 3.11. The normalized spacial score (nSPS) is 11.4. The van der Waals surface area contributed by atoms with Crippen molar-refractivity contribution in [1.82, 2.24) is 0 Å². The standard InChI is InChI=1S/C18H20O3/c1-5-8-16(13(3)19)17(20)12-11-14-9-7-10-18(21-4)15(14)6-2/h5,7-12,19H,1,3,6H2,2,4H3/b12-11+,16-8+. The highest BCUT2D eigenvalue weighted by molar-refractivity contribution is 6.09. The monoisotopic (exact) mass is 284 g/mol. The molecule has 0 amide bonds. The van der Waals surface area contributed by atoms with Crippen LogP contribution in [0, 0.1) is 0 Å². The summed E-state index contributed by atoms with van der Waals surface area (Å²) in [7, 11) is 1.62. The second-order valence-corrected chi connectivity index (χ2v) is 4.34. The molecule has 0 radical (unpaired) electrons. The van der Waals surface area contributed by atoms with Gasteiger partial charge in [-0.05, 0) is 30.2 Å². The van der Waals surface area contributed by atoms with Crippen molar-refractivity contribution in [2.75, 3.05) is 7.11 Å². The Morgan fingerprint density at radius 1 is 1.43 bits per heavy atom. The van der Waals surface area contributed by atoms with Gasteiger partial charge < -0.3 is 9.84 Å². The lowest BCUT2D eigenvalue weighted by atomic mass is 10.0. The molecule has 0 heterocycles. The highest BCUT2D eigenvalue weighted by atomic mass is 16.5. The Kier molecular flexibility index (Phi) is 6.21. The van der Waals surface area contributed by atoms with Gasteiger partial charge in [0.15, 0.2) is 5.78 Å². The zero-order valence-electron chi connectivity index (χ0n) is 12.4. The molecule has 1 aromatic carbocycles. The Hall–Kier alpha value is -2.55. The number of carbonyl (C=O) groups is 1. The van der Waals surface area contributed by atoms with Gasteiger partial charge in [0.05, 0.1) is 12.7 Å². The van der Waals surface area contributed by atoms with Crippen LogP contribution in [0.25, 0.3) is 6.08 Å². The average Bonchev–Trinajstić information content (AvgIpc) is 2.49. The smallest absolute Gasteiger partial charge is 0.189 e. The van der Waals surface area contributed by atoms with Crippen molar-refractivity contribution in [2.45, 2.75) is 13.3 Å². The number of carbonyl (C=O) groups excluding carboxylic acids is 1. The SMILES string of the molecule is C=C/C=C(\C(=C)O)C(=O)/C=C/c1cccc(OC)c1CC. The van der Waals surface area contributed by atoms with Crippen LogP contribution in [-0.2, 0) is 11.2 Å². The van der Waals surface area contributed by atoms with E-state index < -0.39 is 0 Å². The van der Waals surface area contributed by atoms with Gasteiger partial charge in [-0.3, -0.25) is 4.79 Å². The molecule has 0 saturated heterocycles. The molecular formula is C18H20O3. The molecule has 0 fully saturated rings. The number of hydrogen-bond acceptors (Lipinski definition) is 3. The van der Waals surface area contributed by atoms with E-state index >= 15 is 0 Å². The molecule has 0 unspecified atom stereocenters. The van der Waals surface area contributed by atoms with Crippen LogP contribution < -0.4 is 4.74 Å². The summed E-state index contributed by atoms with van der Waals surface area (Å²) in [5, 5.41) is 9.41. The Morgan fingerprint density at radius 2 is 2.14 bits per heavy atom. The summed E-state index contributed by atoms with van der Waals surface area (Å²) in [4.78, 5) is 12.0. The maximum atomic E-state index is 12.0. The first-order valence-electron chi connectivity index (χ1n) is 6.64. The first-order chi connectivity index (χ1) is 10.0. The predicted octanol–water partition coefficient (Wildman–Crippen LogP) is 4.02. The summed E-state index contributed by atoms with van der Waals surface area (Å²) in [6.45, 7) is 8.91. The summed E-state index contributed by atoms with van der Waals surface area (Å²) >= 11 is 0. The largest absolute Gasteiger partial charge is 0.508 e. The van der Waals surface area contributed by atoms with Gasteiger partial charge in [-0.2, -0.15) is 0 Å². The van der Waals surface area contributed by atoms with Gasteiger partial charge in [0.2, 0.25) is 0 Å². The number of ether oxygens (including phenoxy) is 1. The summed E-state index contributed by atoms with van der Waals surface area (Å²) in [6.07, 6.45) is 6.78. The summed E-state index contributed by atoms with van der Waals surface area (Å²) in [6, 6.07) is 5.67. The fourth-order valence-corrected chi connectivity index (χ4v) is 2.00. The second-order valence-electron chi connectivity index (χ2n) is 4.34. The number of ketones is 1. The van der Waals surface area contributed by atoms with Gasteiger partial charge in [0.1, 0.15) is 11.5 Å². The lowest BCUT2D eigenvalue weighted by Gasteiger charge is -2.09. The topological polar surface area (TPSA) is 46.5 Å². The van der Waals surface area contributed by atoms with E-state index in [-0.39, 0.29) is 17.1 Å². The van der Waals surface area contributed by atoms with Crippen LogP contribution in [0.1, 0.15) is 18.1 Å². The Bertz CT molecular complexity index is 607. The van der Waals surface area contributed by atoms with E-state index in [0.717, 1.165) is 23.3 Å². The molecule has 1 rings (SSSR count). The van der Waals surface area contributed by atoms with Crippen molar-refractivity contribution in [1.29, 1.82) is 0 Å². The number of aliphatic hydroxyl groups is 1. The molecule has 3 heteroatoms. The molecule has 0 spiro atoms. The van der Waals surface area contributed by atoms with E-state index in [2.05, 4.69) is 13.2 Å². The molecule has 21 heavy (non-hydrogen) atoms. The van der Waals surface area contributed by atoms with Crippen LogP contribution in [0.5, 0.6) is 5.75 Å². The van der Waals surface area contributed by atoms with E-state index in [0.29, 0.717) is 0 Å². The summed E-state index contributed by atoms with van der Waals surface area (Å²) in [5.41, 5.74) is 2.06. The highest BCUT2D eigenvalue weighted by Crippen LogP contribution is 2.24. The van der Waals surface area contributed by atoms with Crippen LogP contribution in [0.15, 0.2) is 60.9 Å². The van der Waals surface area contributed by atoms with E-state index in [1.54, 1.807) is 13.2 Å². The predicted molar refractivity (Wildman–Crippen MR) is 86.5 cm³/mol. The quantitative estimate of drug-likeness (QED) is 0.467. The third kappa shape index (κ3) is 4.21. The number of methoxy groups -OCH3 is 1. The molecule has 0 aromatic heterocycles. The lowest BCUT2D eigenvalue weighted by molar-refractivity contribution is -0.111. The number of hydrogen-bond donors (Lipinski definition) is 1. The van der Waals surface area contributed by atoms with E-state index in [1.165, 1.54) is 18.2 Å². The molecule has 110 valence electrons. The average molecular weight is 284 g/mol. The fourth-order valence-electron chi connectivity index (χ4n) is 2.00. The van der Waals surface area contributed by atoms with E-state index in [4.69, 9.17) is 4.74 Å². The van der Waals surface area contributed by atoms with Crippen molar-refractivity contribution >= 4 is 11.9 Å². The first-order valence-corrected chi connectivity index (χ1v) is 6.64. The molecule has 0 aliphatic rings. The van der Waals surface area contributed by atoms with Gasteiger partial charge in [0.25, 0.3) is 0 Å². The molecule has 3 nitrogen and oxygen atoms in total. The van der Waals surface area contributed by atoms with Gasteiger partial charge in [0, 0.05) is 5.56 Å². The van der Waals surface area contributed by atoms with E-state index in [1.807, 2.05) is 25.1 Å². The summed E-state index contributed by atoms with van der Waals surface area (Å²) in [5.74, 6) is 0.193. The Labute approximate surface area is 125 Å². The highest BCUT2D eigenvalue weighted by Gasteiger charge is 2.09. The molecule has 0 aliphatic carbocycles. The van der Waals surface area contributed by atoms with Crippen LogP contribution in [0.2, 0.25) is 0 Å². The lowest BCUT2D eigenvalue weighted by Crippen LogP contribution is -2.01. The molecule has 1 N–H and O–H groups in total. The van der Waals surface area contributed by atoms with Crippen molar-refractivity contribution < 1.29 is 14.6 Å². The fraction of sp³-hybridized carbons (Fsp3) is 0.167. The van der Waals surface area contributed by atoms with E-state index in [9.17, 15) is 9.90 Å². The van der Waals surface area contributed by atoms with Gasteiger partial charge >= 0.3 is 0 Å². The van der Waals surface area contributed by atoms with Crippen LogP contribution in [0.4, 0.5) is 0 Å². The Morgan fingerprint density at radius 3 is 2.67 bits per heavy atom. The molecule has 0 atom stereocenters. The first kappa shape index (κ1) is 16.5. The zero-order valence-corrected chi connectivity index (χ0v) is 12.4. The number of allylic oxidation sites excluding steroid dienone is 4. The number of aliphatic hydroxyl groups excluding tert-OH is 1. The van der Waals surface area contributed by atoms with Crippen LogP contribution in [0.3, 0.4) is 0 Å². The third-order valence-corrected chi connectivity index (χ3v) is 3.02. The molecule has 0 bridgehead atoms. The minimum Gasteiger partial charge on any atom is -0.508 e. The van der Waals surface area contributed by atoms with Crippen LogP contribution >= 0.6 is 0 Å². The number of benzene rings is 1. The van der Waals surface area contributed by atoms with Crippen molar-refractivity contribution in [3.63, 3.8) is 0 Å². The third-order valence-electron chi connectivity index (χ3n) is 3.02. The maximum Gasteiger partial charge on any atom is 0.189 e. The van der Waals surface area contributed by atoms with Crippen LogP contribution in [-0.4, -0.2) is 18.0 Å². The van der Waals surface area contributed by atoms with Crippen molar-refractivity contribution in [2.24, 2.45) is 0 Å². The summed E-state index contributed by atoms with van der Waals surface area (Å²) < 4.78 is 5.31. The van der Waals surface area contributed by atoms with Gasteiger partial charge in [-0.1, -0.05) is 44.4 Å². The van der Waals surface area contributed by atoms with Crippen molar-refractivity contribution in [3.8, 4) is 5.75 Å². The number of rotatable bonds is 7. The zero-order chi connectivity index (χ0) is 15.8. The van der Waals surface area contributed by atoms with Gasteiger partial charge in [-0.25, -0.2) is 0 Å². The van der Waals surface area contributed by atoms with Gasteiger partial charge in [-0.15, -0.1) is 0 Å². The molecule has 0 saturated carbocycles. The maximum absolute atomic E-state index is 12.0. The molecule has 1 aromatic rings.